The average Bonchev–Trinajstić information content (AvgIpc) is 2.65. The van der Waals surface area contributed by atoms with Crippen molar-refractivity contribution in [3.8, 4) is 5.75 Å². The Hall–Kier alpha value is -2.83. The molecule has 0 aliphatic carbocycles. The Morgan fingerprint density at radius 1 is 1.07 bits per heavy atom. The van der Waals surface area contributed by atoms with Crippen LogP contribution in [0.2, 0.25) is 0 Å². The van der Waals surface area contributed by atoms with E-state index in [1.54, 1.807) is 0 Å². The lowest BCUT2D eigenvalue weighted by atomic mass is 10.2. The molecule has 1 N–H and O–H groups in total. The summed E-state index contributed by atoms with van der Waals surface area (Å²) in [6.07, 6.45) is 1.49. The first-order valence-corrected chi connectivity index (χ1v) is 10.5. The molecule has 0 amide bonds. The molecule has 2 rings (SSSR count). The minimum atomic E-state index is -5.81. The van der Waals surface area contributed by atoms with E-state index in [9.17, 15) is 30.4 Å². The molecule has 156 valence electrons. The number of alkyl halides is 2. The van der Waals surface area contributed by atoms with Crippen LogP contribution in [0.15, 0.2) is 60.0 Å². The van der Waals surface area contributed by atoms with Gasteiger partial charge in [-0.1, -0.05) is 36.9 Å². The van der Waals surface area contributed by atoms with Crippen molar-refractivity contribution in [2.24, 2.45) is 0 Å². The molecule has 0 saturated carbocycles. The Morgan fingerprint density at radius 2 is 1.66 bits per heavy atom. The predicted molar refractivity (Wildman–Crippen MR) is 97.6 cm³/mol. The number of rotatable bonds is 8. The maximum atomic E-state index is 13.2. The molecule has 2 aromatic rings. The summed E-state index contributed by atoms with van der Waals surface area (Å²) >= 11 is 0. The SMILES string of the molecule is C=Cc1ccc(S(=O)(=O)Oc2ccccc2C(=O)OCC(F)(F)S(=O)(=O)O)cc1. The molecule has 0 heterocycles. The average molecular weight is 448 g/mol. The van der Waals surface area contributed by atoms with E-state index >= 15 is 0 Å². The van der Waals surface area contributed by atoms with Gasteiger partial charge in [0, 0.05) is 0 Å². The topological polar surface area (TPSA) is 124 Å². The molecule has 2 aromatic carbocycles. The highest BCUT2D eigenvalue weighted by atomic mass is 32.2. The molecule has 29 heavy (non-hydrogen) atoms. The third kappa shape index (κ3) is 5.37. The lowest BCUT2D eigenvalue weighted by Crippen LogP contribution is -2.34. The van der Waals surface area contributed by atoms with Crippen molar-refractivity contribution in [3.05, 3.63) is 66.2 Å². The van der Waals surface area contributed by atoms with E-state index in [0.29, 0.717) is 5.56 Å². The summed E-state index contributed by atoms with van der Waals surface area (Å²) in [6, 6.07) is 10.1. The Bertz CT molecular complexity index is 1120. The van der Waals surface area contributed by atoms with Gasteiger partial charge in [-0.05, 0) is 29.8 Å². The highest BCUT2D eigenvalue weighted by Crippen LogP contribution is 2.26. The first-order valence-electron chi connectivity index (χ1n) is 7.65. The van der Waals surface area contributed by atoms with Gasteiger partial charge in [0.15, 0.2) is 12.4 Å². The second-order valence-corrected chi connectivity index (χ2v) is 8.59. The van der Waals surface area contributed by atoms with Crippen LogP contribution in [0.25, 0.3) is 6.08 Å². The van der Waals surface area contributed by atoms with Crippen LogP contribution in [-0.2, 0) is 25.0 Å². The summed E-state index contributed by atoms with van der Waals surface area (Å²) in [5, 5.41) is -4.74. The Kier molecular flexibility index (Phi) is 6.40. The number of hydrogen-bond donors (Lipinski definition) is 1. The molecule has 12 heteroatoms. The minimum Gasteiger partial charge on any atom is -0.454 e. The second kappa shape index (κ2) is 8.27. The van der Waals surface area contributed by atoms with Gasteiger partial charge in [0.05, 0.1) is 0 Å². The molecule has 8 nitrogen and oxygen atoms in total. The zero-order valence-electron chi connectivity index (χ0n) is 14.5. The van der Waals surface area contributed by atoms with Gasteiger partial charge >= 0.3 is 31.5 Å². The molecular weight excluding hydrogens is 434 g/mol. The maximum Gasteiger partial charge on any atom is 0.402 e. The molecule has 0 bridgehead atoms. The normalized spacial score (nSPS) is 12.2. The molecule has 0 atom stereocenters. The summed E-state index contributed by atoms with van der Waals surface area (Å²) in [7, 11) is -10.2. The zero-order chi connectivity index (χ0) is 21.9. The molecule has 0 fully saturated rings. The van der Waals surface area contributed by atoms with Crippen molar-refractivity contribution in [1.29, 1.82) is 0 Å². The third-order valence-electron chi connectivity index (χ3n) is 3.46. The number of ether oxygens (including phenoxy) is 1. The van der Waals surface area contributed by atoms with E-state index in [-0.39, 0.29) is 4.90 Å². The third-order valence-corrected chi connectivity index (χ3v) is 5.58. The van der Waals surface area contributed by atoms with Gasteiger partial charge in [0.25, 0.3) is 0 Å². The van der Waals surface area contributed by atoms with Gasteiger partial charge in [-0.2, -0.15) is 25.6 Å². The summed E-state index contributed by atoms with van der Waals surface area (Å²) < 4.78 is 89.9. The monoisotopic (exact) mass is 448 g/mol. The van der Waals surface area contributed by atoms with Gasteiger partial charge in [0.2, 0.25) is 0 Å². The largest absolute Gasteiger partial charge is 0.454 e. The van der Waals surface area contributed by atoms with Crippen LogP contribution in [0.3, 0.4) is 0 Å². The fourth-order valence-corrected chi connectivity index (χ4v) is 3.10. The van der Waals surface area contributed by atoms with Gasteiger partial charge in [0.1, 0.15) is 10.5 Å². The van der Waals surface area contributed by atoms with Gasteiger partial charge in [-0.25, -0.2) is 4.79 Å². The lowest BCUT2D eigenvalue weighted by Gasteiger charge is -2.14. The number of hydrogen-bond acceptors (Lipinski definition) is 7. The predicted octanol–water partition coefficient (Wildman–Crippen LogP) is 2.73. The maximum absolute atomic E-state index is 13.2. The number of carbonyl (C=O) groups is 1. The number of benzene rings is 2. The van der Waals surface area contributed by atoms with E-state index in [0.717, 1.165) is 12.1 Å². The molecule has 0 spiro atoms. The molecule has 0 saturated heterocycles. The van der Waals surface area contributed by atoms with Crippen LogP contribution in [-0.4, -0.2) is 39.2 Å². The van der Waals surface area contributed by atoms with Crippen molar-refractivity contribution in [3.63, 3.8) is 0 Å². The van der Waals surface area contributed by atoms with Crippen molar-refractivity contribution < 1.29 is 43.9 Å². The second-order valence-electron chi connectivity index (χ2n) is 5.50. The fourth-order valence-electron chi connectivity index (χ4n) is 1.95. The van der Waals surface area contributed by atoms with Gasteiger partial charge < -0.3 is 8.92 Å². The first kappa shape index (κ1) is 22.5. The number of para-hydroxylation sites is 1. The summed E-state index contributed by atoms with van der Waals surface area (Å²) in [5.41, 5.74) is 0.0950. The van der Waals surface area contributed by atoms with Gasteiger partial charge in [-0.15, -0.1) is 0 Å². The summed E-state index contributed by atoms with van der Waals surface area (Å²) in [4.78, 5) is 11.8. The molecule has 0 aliphatic rings. The Morgan fingerprint density at radius 3 is 2.21 bits per heavy atom. The number of halogens is 2. The van der Waals surface area contributed by atoms with E-state index in [1.165, 1.54) is 42.5 Å². The zero-order valence-corrected chi connectivity index (χ0v) is 16.1. The molecule has 0 aromatic heterocycles. The number of carbonyl (C=O) groups excluding carboxylic acids is 1. The highest BCUT2D eigenvalue weighted by molar-refractivity contribution is 7.87. The van der Waals surface area contributed by atoms with E-state index in [2.05, 4.69) is 11.3 Å². The van der Waals surface area contributed by atoms with Crippen LogP contribution in [0.1, 0.15) is 15.9 Å². The molecule has 0 radical (unpaired) electrons. The van der Waals surface area contributed by atoms with Crippen molar-refractivity contribution in [2.75, 3.05) is 6.61 Å². The molecular formula is C17H14F2O8S2. The van der Waals surface area contributed by atoms with Crippen molar-refractivity contribution in [1.82, 2.24) is 0 Å². The van der Waals surface area contributed by atoms with Crippen molar-refractivity contribution in [2.45, 2.75) is 10.2 Å². The highest BCUT2D eigenvalue weighted by Gasteiger charge is 2.45. The fraction of sp³-hybridized carbons (Fsp3) is 0.118. The quantitative estimate of drug-likeness (QED) is 0.371. The standard InChI is InChI=1S/C17H14F2O8S2/c1-2-12-7-9-13(10-8-12)28(21,22)27-15-6-4-3-5-14(15)16(20)26-11-17(18,19)29(23,24)25/h2-10H,1,11H2,(H,23,24,25). The number of esters is 1. The lowest BCUT2D eigenvalue weighted by molar-refractivity contribution is -0.00960. The summed E-state index contributed by atoms with van der Waals surface area (Å²) in [6.45, 7) is 1.56. The van der Waals surface area contributed by atoms with E-state index in [4.69, 9.17) is 8.74 Å². The van der Waals surface area contributed by atoms with Crippen LogP contribution in [0.4, 0.5) is 8.78 Å². The van der Waals surface area contributed by atoms with E-state index in [1.807, 2.05) is 0 Å². The smallest absolute Gasteiger partial charge is 0.402 e. The van der Waals surface area contributed by atoms with Crippen LogP contribution >= 0.6 is 0 Å². The Labute approximate surface area is 165 Å². The Balaban J connectivity index is 2.25. The van der Waals surface area contributed by atoms with Gasteiger partial charge in [-0.3, -0.25) is 4.55 Å². The van der Waals surface area contributed by atoms with E-state index < -0.39 is 49.4 Å². The minimum absolute atomic E-state index is 0.246. The summed E-state index contributed by atoms with van der Waals surface area (Å²) in [5.74, 6) is -2.01. The van der Waals surface area contributed by atoms with Crippen LogP contribution in [0.5, 0.6) is 5.75 Å². The van der Waals surface area contributed by atoms with Crippen LogP contribution < -0.4 is 4.18 Å². The first-order chi connectivity index (χ1) is 13.4. The van der Waals surface area contributed by atoms with Crippen LogP contribution in [0, 0.1) is 0 Å². The van der Waals surface area contributed by atoms with Crippen molar-refractivity contribution >= 4 is 32.3 Å². The molecule has 0 aliphatic heterocycles. The molecule has 0 unspecified atom stereocenters.